The molecular weight excluding hydrogens is 248 g/mol. The van der Waals surface area contributed by atoms with E-state index in [9.17, 15) is 0 Å². The van der Waals surface area contributed by atoms with Gasteiger partial charge in [0, 0.05) is 17.8 Å². The summed E-state index contributed by atoms with van der Waals surface area (Å²) in [6.07, 6.45) is 1.00. The zero-order chi connectivity index (χ0) is 14.5. The summed E-state index contributed by atoms with van der Waals surface area (Å²) < 4.78 is 6.02. The molecule has 3 nitrogen and oxygen atoms in total. The van der Waals surface area contributed by atoms with E-state index in [2.05, 4.69) is 42.3 Å². The third kappa shape index (κ3) is 3.36. The van der Waals surface area contributed by atoms with E-state index in [0.29, 0.717) is 5.88 Å². The van der Waals surface area contributed by atoms with Crippen LogP contribution in [0.5, 0.6) is 11.6 Å². The van der Waals surface area contributed by atoms with E-state index >= 15 is 0 Å². The maximum atomic E-state index is 6.02. The van der Waals surface area contributed by atoms with Crippen molar-refractivity contribution in [3.05, 3.63) is 52.7 Å². The summed E-state index contributed by atoms with van der Waals surface area (Å²) in [5, 5.41) is 3.17. The lowest BCUT2D eigenvalue weighted by Gasteiger charge is -2.14. The number of hydrogen-bond acceptors (Lipinski definition) is 3. The van der Waals surface area contributed by atoms with Crippen molar-refractivity contribution < 1.29 is 4.74 Å². The Labute approximate surface area is 121 Å². The fourth-order valence-electron chi connectivity index (χ4n) is 2.25. The average molecular weight is 270 g/mol. The molecule has 1 N–H and O–H groups in total. The second-order valence-electron chi connectivity index (χ2n) is 5.00. The van der Waals surface area contributed by atoms with E-state index in [0.717, 1.165) is 30.0 Å². The number of nitrogens with zero attached hydrogens (tertiary/aromatic N) is 1. The van der Waals surface area contributed by atoms with Gasteiger partial charge in [0.15, 0.2) is 0 Å². The smallest absolute Gasteiger partial charge is 0.224 e. The monoisotopic (exact) mass is 270 g/mol. The van der Waals surface area contributed by atoms with Crippen molar-refractivity contribution in [2.24, 2.45) is 0 Å². The summed E-state index contributed by atoms with van der Waals surface area (Å²) in [4.78, 5) is 4.54. The normalized spacial score (nSPS) is 10.6. The van der Waals surface area contributed by atoms with Crippen molar-refractivity contribution >= 4 is 0 Å². The van der Waals surface area contributed by atoms with E-state index in [1.807, 2.05) is 26.1 Å². The summed E-state index contributed by atoms with van der Waals surface area (Å²) in [6.45, 7) is 6.98. The van der Waals surface area contributed by atoms with Gasteiger partial charge in [-0.05, 0) is 56.6 Å². The summed E-state index contributed by atoms with van der Waals surface area (Å²) in [5.74, 6) is 1.55. The predicted octanol–water partition coefficient (Wildman–Crippen LogP) is 3.77. The Morgan fingerprint density at radius 3 is 2.70 bits per heavy atom. The fraction of sp³-hybridized carbons (Fsp3) is 0.353. The second kappa shape index (κ2) is 6.53. The van der Waals surface area contributed by atoms with Crippen LogP contribution in [0, 0.1) is 13.8 Å². The Bertz CT molecular complexity index is 594. The first-order valence-corrected chi connectivity index (χ1v) is 7.02. The summed E-state index contributed by atoms with van der Waals surface area (Å²) in [5.41, 5.74) is 4.56. The highest BCUT2D eigenvalue weighted by Gasteiger charge is 2.10. The van der Waals surface area contributed by atoms with Crippen LogP contribution < -0.4 is 10.1 Å². The van der Waals surface area contributed by atoms with E-state index in [4.69, 9.17) is 4.74 Å². The quantitative estimate of drug-likeness (QED) is 0.898. The summed E-state index contributed by atoms with van der Waals surface area (Å²) >= 11 is 0. The molecule has 20 heavy (non-hydrogen) atoms. The Kier molecular flexibility index (Phi) is 4.74. The van der Waals surface area contributed by atoms with E-state index in [1.54, 1.807) is 0 Å². The van der Waals surface area contributed by atoms with Gasteiger partial charge >= 0.3 is 0 Å². The third-order valence-corrected chi connectivity index (χ3v) is 3.31. The molecule has 2 rings (SSSR count). The van der Waals surface area contributed by atoms with Gasteiger partial charge < -0.3 is 10.1 Å². The lowest BCUT2D eigenvalue weighted by atomic mass is 10.1. The van der Waals surface area contributed by atoms with Gasteiger partial charge in [0.2, 0.25) is 5.88 Å². The molecule has 106 valence electrons. The third-order valence-electron chi connectivity index (χ3n) is 3.31. The van der Waals surface area contributed by atoms with Gasteiger partial charge in [0.25, 0.3) is 0 Å². The Morgan fingerprint density at radius 1 is 1.20 bits per heavy atom. The van der Waals surface area contributed by atoms with Crippen molar-refractivity contribution in [2.75, 3.05) is 7.05 Å². The molecule has 0 fully saturated rings. The second-order valence-corrected chi connectivity index (χ2v) is 5.00. The molecule has 1 heterocycles. The van der Waals surface area contributed by atoms with Gasteiger partial charge in [-0.15, -0.1) is 0 Å². The number of benzene rings is 1. The molecule has 0 atom stereocenters. The molecule has 0 aliphatic carbocycles. The van der Waals surface area contributed by atoms with Crippen LogP contribution in [0.4, 0.5) is 0 Å². The molecule has 0 unspecified atom stereocenters. The molecule has 0 radical (unpaired) electrons. The predicted molar refractivity (Wildman–Crippen MR) is 82.4 cm³/mol. The summed E-state index contributed by atoms with van der Waals surface area (Å²) in [6, 6.07) is 10.3. The molecule has 0 aliphatic rings. The van der Waals surface area contributed by atoms with Gasteiger partial charge in [0.1, 0.15) is 5.75 Å². The molecule has 1 aromatic heterocycles. The molecule has 0 aliphatic heterocycles. The summed E-state index contributed by atoms with van der Waals surface area (Å²) in [7, 11) is 1.93. The lowest BCUT2D eigenvalue weighted by molar-refractivity contribution is 0.451. The van der Waals surface area contributed by atoms with Crippen LogP contribution in [-0.2, 0) is 13.0 Å². The molecule has 3 heteroatoms. The number of nitrogens with one attached hydrogen (secondary N) is 1. The number of ether oxygens (including phenoxy) is 1. The topological polar surface area (TPSA) is 34.1 Å². The van der Waals surface area contributed by atoms with Gasteiger partial charge in [-0.1, -0.05) is 19.1 Å². The molecule has 2 aromatic rings. The maximum Gasteiger partial charge on any atom is 0.224 e. The van der Waals surface area contributed by atoms with Crippen LogP contribution in [-0.4, -0.2) is 12.0 Å². The van der Waals surface area contributed by atoms with Crippen LogP contribution in [0.3, 0.4) is 0 Å². The van der Waals surface area contributed by atoms with E-state index in [1.165, 1.54) is 11.1 Å². The number of aromatic nitrogens is 1. The molecule has 0 amide bonds. The number of pyridine rings is 1. The van der Waals surface area contributed by atoms with Gasteiger partial charge in [0.05, 0.1) is 0 Å². The van der Waals surface area contributed by atoms with Crippen LogP contribution in [0.25, 0.3) is 0 Å². The highest BCUT2D eigenvalue weighted by molar-refractivity contribution is 5.39. The van der Waals surface area contributed by atoms with Gasteiger partial charge in [-0.2, -0.15) is 0 Å². The van der Waals surface area contributed by atoms with Crippen LogP contribution in [0.2, 0.25) is 0 Å². The Hall–Kier alpha value is -1.87. The first-order valence-electron chi connectivity index (χ1n) is 7.02. The lowest BCUT2D eigenvalue weighted by Crippen LogP contribution is -2.09. The zero-order valence-corrected chi connectivity index (χ0v) is 12.7. The van der Waals surface area contributed by atoms with E-state index < -0.39 is 0 Å². The number of hydrogen-bond donors (Lipinski definition) is 1. The van der Waals surface area contributed by atoms with Crippen molar-refractivity contribution in [2.45, 2.75) is 33.7 Å². The van der Waals surface area contributed by atoms with Crippen LogP contribution >= 0.6 is 0 Å². The zero-order valence-electron chi connectivity index (χ0n) is 12.7. The van der Waals surface area contributed by atoms with E-state index in [-0.39, 0.29) is 0 Å². The molecule has 0 spiro atoms. The van der Waals surface area contributed by atoms with Crippen molar-refractivity contribution in [1.29, 1.82) is 0 Å². The number of aryl methyl sites for hydroxylation is 3. The maximum absolute atomic E-state index is 6.02. The van der Waals surface area contributed by atoms with Crippen molar-refractivity contribution in [1.82, 2.24) is 10.3 Å². The fourth-order valence-corrected chi connectivity index (χ4v) is 2.25. The Morgan fingerprint density at radius 2 is 2.00 bits per heavy atom. The minimum absolute atomic E-state index is 0.699. The SMILES string of the molecule is CCc1cccc(Oc2nc(C)cc(C)c2CNC)c1. The average Bonchev–Trinajstić information content (AvgIpc) is 2.43. The van der Waals surface area contributed by atoms with Gasteiger partial charge in [-0.3, -0.25) is 0 Å². The van der Waals surface area contributed by atoms with Gasteiger partial charge in [-0.25, -0.2) is 4.98 Å². The highest BCUT2D eigenvalue weighted by Crippen LogP contribution is 2.27. The molecule has 1 aromatic carbocycles. The minimum Gasteiger partial charge on any atom is -0.439 e. The molecular formula is C17H22N2O. The standard InChI is InChI=1S/C17H22N2O/c1-5-14-7-6-8-15(10-14)20-17-16(11-18-4)12(2)9-13(3)19-17/h6-10,18H,5,11H2,1-4H3. The largest absolute Gasteiger partial charge is 0.439 e. The molecule has 0 saturated heterocycles. The first kappa shape index (κ1) is 14.5. The van der Waals surface area contributed by atoms with Crippen molar-refractivity contribution in [3.8, 4) is 11.6 Å². The molecule has 0 saturated carbocycles. The van der Waals surface area contributed by atoms with Crippen LogP contribution in [0.15, 0.2) is 30.3 Å². The first-order chi connectivity index (χ1) is 9.63. The molecule has 0 bridgehead atoms. The highest BCUT2D eigenvalue weighted by atomic mass is 16.5. The van der Waals surface area contributed by atoms with Crippen molar-refractivity contribution in [3.63, 3.8) is 0 Å². The number of rotatable bonds is 5. The Balaban J connectivity index is 2.36. The van der Waals surface area contributed by atoms with Crippen LogP contribution in [0.1, 0.15) is 29.3 Å². The minimum atomic E-state index is 0.699.